The Labute approximate surface area is 154 Å². The Morgan fingerprint density at radius 1 is 1.21 bits per heavy atom. The summed E-state index contributed by atoms with van der Waals surface area (Å²) in [6, 6.07) is 12.1. The smallest absolute Gasteiger partial charge is 0.130 e. The van der Waals surface area contributed by atoms with E-state index in [0.717, 1.165) is 33.7 Å². The van der Waals surface area contributed by atoms with Crippen LogP contribution in [0.2, 0.25) is 0 Å². The summed E-state index contributed by atoms with van der Waals surface area (Å²) in [6.45, 7) is 3.18. The van der Waals surface area contributed by atoms with Crippen molar-refractivity contribution in [2.24, 2.45) is 0 Å². The van der Waals surface area contributed by atoms with E-state index in [1.807, 2.05) is 24.3 Å². The van der Waals surface area contributed by atoms with E-state index in [1.165, 1.54) is 12.1 Å². The largest absolute Gasteiger partial charge is 0.488 e. The quantitative estimate of drug-likeness (QED) is 0.706. The average Bonchev–Trinajstić information content (AvgIpc) is 2.61. The van der Waals surface area contributed by atoms with Gasteiger partial charge in [0.25, 0.3) is 0 Å². The molecule has 0 aliphatic carbocycles. The Morgan fingerprint density at radius 3 is 2.75 bits per heavy atom. The van der Waals surface area contributed by atoms with Crippen LogP contribution >= 0.6 is 28.1 Å². The van der Waals surface area contributed by atoms with Gasteiger partial charge in [-0.2, -0.15) is 0 Å². The summed E-state index contributed by atoms with van der Waals surface area (Å²) in [5.74, 6) is 0.426. The minimum absolute atomic E-state index is 0.268. The highest BCUT2D eigenvalue weighted by molar-refractivity contribution is 9.10. The normalized spacial score (nSPS) is 14.5. The molecular weight excluding hydrogens is 393 g/mol. The second kappa shape index (κ2) is 8.05. The average molecular weight is 410 g/mol. The molecule has 24 heavy (non-hydrogen) atoms. The molecule has 0 bridgehead atoms. The molecule has 1 fully saturated rings. The van der Waals surface area contributed by atoms with Gasteiger partial charge in [0.2, 0.25) is 0 Å². The topological polar surface area (TPSA) is 21.7 Å². The summed E-state index contributed by atoms with van der Waals surface area (Å²) < 4.78 is 25.5. The first-order chi connectivity index (χ1) is 11.6. The predicted octanol–water partition coefficient (Wildman–Crippen LogP) is 4.17. The molecule has 0 saturated carbocycles. The van der Waals surface area contributed by atoms with Crippen molar-refractivity contribution < 1.29 is 13.9 Å². The molecule has 0 amide bonds. The van der Waals surface area contributed by atoms with E-state index in [0.29, 0.717) is 19.0 Å². The van der Waals surface area contributed by atoms with Crippen LogP contribution in [0.5, 0.6) is 5.75 Å². The number of thiocarbonyl (C=S) groups is 1. The molecule has 1 aliphatic rings. The highest BCUT2D eigenvalue weighted by Gasteiger charge is 2.19. The number of hydrogen-bond donors (Lipinski definition) is 0. The minimum atomic E-state index is -0.268. The summed E-state index contributed by atoms with van der Waals surface area (Å²) in [4.78, 5) is 2.86. The van der Waals surface area contributed by atoms with E-state index < -0.39 is 0 Å². The Morgan fingerprint density at radius 2 is 2.00 bits per heavy atom. The molecule has 0 spiro atoms. The maximum absolute atomic E-state index is 13.3. The summed E-state index contributed by atoms with van der Waals surface area (Å²) in [5, 5.41) is 0. The van der Waals surface area contributed by atoms with Gasteiger partial charge in [0, 0.05) is 17.6 Å². The van der Waals surface area contributed by atoms with Crippen LogP contribution in [0, 0.1) is 5.82 Å². The highest BCUT2D eigenvalue weighted by Crippen LogP contribution is 2.26. The van der Waals surface area contributed by atoms with E-state index in [9.17, 15) is 4.39 Å². The summed E-state index contributed by atoms with van der Waals surface area (Å²) in [6.07, 6.45) is 0. The van der Waals surface area contributed by atoms with Crippen LogP contribution in [0.3, 0.4) is 0 Å². The standard InChI is InChI=1S/C18H17BrFNO2S/c19-14-4-5-17(23-12-13-2-1-3-15(20)10-13)16(11-14)18(24)21-6-8-22-9-7-21/h1-5,10-11H,6-9,12H2. The molecule has 0 atom stereocenters. The van der Waals surface area contributed by atoms with Crippen molar-refractivity contribution in [3.05, 3.63) is 63.9 Å². The van der Waals surface area contributed by atoms with E-state index in [2.05, 4.69) is 20.8 Å². The second-order valence-corrected chi connectivity index (χ2v) is 6.77. The molecule has 1 saturated heterocycles. The van der Waals surface area contributed by atoms with Crippen molar-refractivity contribution in [1.29, 1.82) is 0 Å². The van der Waals surface area contributed by atoms with Gasteiger partial charge >= 0.3 is 0 Å². The SMILES string of the molecule is Fc1cccc(COc2ccc(Br)cc2C(=S)N2CCOCC2)c1. The third-order valence-electron chi connectivity index (χ3n) is 3.75. The fraction of sp³-hybridized carbons (Fsp3) is 0.278. The lowest BCUT2D eigenvalue weighted by atomic mass is 10.1. The molecule has 1 heterocycles. The minimum Gasteiger partial charge on any atom is -0.488 e. The fourth-order valence-electron chi connectivity index (χ4n) is 2.52. The van der Waals surface area contributed by atoms with Crippen LogP contribution in [0.4, 0.5) is 4.39 Å². The molecule has 126 valence electrons. The highest BCUT2D eigenvalue weighted by atomic mass is 79.9. The Bertz CT molecular complexity index is 735. The molecule has 3 rings (SSSR count). The van der Waals surface area contributed by atoms with Gasteiger partial charge in [-0.05, 0) is 35.9 Å². The van der Waals surface area contributed by atoms with Crippen molar-refractivity contribution >= 4 is 33.1 Å². The van der Waals surface area contributed by atoms with Crippen molar-refractivity contribution in [2.45, 2.75) is 6.61 Å². The van der Waals surface area contributed by atoms with Gasteiger partial charge < -0.3 is 14.4 Å². The maximum Gasteiger partial charge on any atom is 0.130 e. The lowest BCUT2D eigenvalue weighted by Crippen LogP contribution is -2.40. The van der Waals surface area contributed by atoms with Gasteiger partial charge in [-0.25, -0.2) is 4.39 Å². The first kappa shape index (κ1) is 17.3. The Hall–Kier alpha value is -1.50. The lowest BCUT2D eigenvalue weighted by Gasteiger charge is -2.30. The van der Waals surface area contributed by atoms with Crippen molar-refractivity contribution in [3.63, 3.8) is 0 Å². The molecule has 3 nitrogen and oxygen atoms in total. The fourth-order valence-corrected chi connectivity index (χ4v) is 3.22. The first-order valence-corrected chi connectivity index (χ1v) is 8.87. The van der Waals surface area contributed by atoms with Crippen LogP contribution in [0.25, 0.3) is 0 Å². The van der Waals surface area contributed by atoms with Gasteiger partial charge in [-0.3, -0.25) is 0 Å². The van der Waals surface area contributed by atoms with Gasteiger partial charge in [0.15, 0.2) is 0 Å². The molecule has 1 aliphatic heterocycles. The molecule has 2 aromatic carbocycles. The number of nitrogens with zero attached hydrogens (tertiary/aromatic N) is 1. The lowest BCUT2D eigenvalue weighted by molar-refractivity contribution is 0.0692. The Balaban J connectivity index is 1.78. The summed E-state index contributed by atoms with van der Waals surface area (Å²) >= 11 is 9.14. The molecule has 2 aromatic rings. The number of rotatable bonds is 4. The molecule has 6 heteroatoms. The molecule has 0 radical (unpaired) electrons. The van der Waals surface area contributed by atoms with Crippen LogP contribution in [0.1, 0.15) is 11.1 Å². The van der Waals surface area contributed by atoms with Gasteiger partial charge in [-0.1, -0.05) is 40.3 Å². The number of halogens is 2. The van der Waals surface area contributed by atoms with Crippen molar-refractivity contribution in [2.75, 3.05) is 26.3 Å². The van der Waals surface area contributed by atoms with Gasteiger partial charge in [-0.15, -0.1) is 0 Å². The molecule has 0 unspecified atom stereocenters. The monoisotopic (exact) mass is 409 g/mol. The zero-order valence-electron chi connectivity index (χ0n) is 13.0. The number of hydrogen-bond acceptors (Lipinski definition) is 3. The van der Waals surface area contributed by atoms with E-state index in [4.69, 9.17) is 21.7 Å². The van der Waals surface area contributed by atoms with E-state index >= 15 is 0 Å². The van der Waals surface area contributed by atoms with Crippen molar-refractivity contribution in [3.8, 4) is 5.75 Å². The first-order valence-electron chi connectivity index (χ1n) is 7.67. The summed E-state index contributed by atoms with van der Waals surface area (Å²) in [7, 11) is 0. The predicted molar refractivity (Wildman–Crippen MR) is 99.0 cm³/mol. The maximum atomic E-state index is 13.3. The number of ether oxygens (including phenoxy) is 2. The molecule has 0 aromatic heterocycles. The number of morpholine rings is 1. The van der Waals surface area contributed by atoms with Gasteiger partial charge in [0.1, 0.15) is 23.2 Å². The second-order valence-electron chi connectivity index (χ2n) is 5.46. The van der Waals surface area contributed by atoms with Crippen LogP contribution in [0.15, 0.2) is 46.9 Å². The van der Waals surface area contributed by atoms with Crippen LogP contribution < -0.4 is 4.74 Å². The van der Waals surface area contributed by atoms with Crippen LogP contribution in [-0.4, -0.2) is 36.2 Å². The van der Waals surface area contributed by atoms with Crippen molar-refractivity contribution in [1.82, 2.24) is 4.90 Å². The van der Waals surface area contributed by atoms with Crippen LogP contribution in [-0.2, 0) is 11.3 Å². The zero-order valence-corrected chi connectivity index (χ0v) is 15.4. The zero-order chi connectivity index (χ0) is 16.9. The third-order valence-corrected chi connectivity index (χ3v) is 4.73. The molecule has 0 N–H and O–H groups in total. The molecular formula is C18H17BrFNO2S. The van der Waals surface area contributed by atoms with E-state index in [1.54, 1.807) is 6.07 Å². The van der Waals surface area contributed by atoms with Gasteiger partial charge in [0.05, 0.1) is 18.8 Å². The van der Waals surface area contributed by atoms with E-state index in [-0.39, 0.29) is 12.4 Å². The number of benzene rings is 2. The Kier molecular flexibility index (Phi) is 5.81. The summed E-state index contributed by atoms with van der Waals surface area (Å²) in [5.41, 5.74) is 1.64. The third kappa shape index (κ3) is 4.32.